The second-order valence-electron chi connectivity index (χ2n) is 4.91. The number of hydrogen-bond acceptors (Lipinski definition) is 3. The predicted molar refractivity (Wildman–Crippen MR) is 81.3 cm³/mol. The number of rotatable bonds is 8. The van der Waals surface area contributed by atoms with E-state index >= 15 is 0 Å². The Balaban J connectivity index is 1.62. The van der Waals surface area contributed by atoms with Crippen LogP contribution in [0.4, 0.5) is 8.78 Å². The first kappa shape index (κ1) is 16.2. The topological polar surface area (TPSA) is 21.7 Å². The van der Waals surface area contributed by atoms with Crippen LogP contribution in [0.1, 0.15) is 0 Å². The highest BCUT2D eigenvalue weighted by atomic mass is 19.1. The maximum Gasteiger partial charge on any atom is 0.126 e. The summed E-state index contributed by atoms with van der Waals surface area (Å²) in [6.45, 7) is 2.28. The minimum Gasteiger partial charge on any atom is -0.492 e. The molecule has 5 heteroatoms. The first-order valence-corrected chi connectivity index (χ1v) is 7.09. The van der Waals surface area contributed by atoms with E-state index in [1.54, 1.807) is 24.3 Å². The third-order valence-corrected chi connectivity index (χ3v) is 3.08. The van der Waals surface area contributed by atoms with Crippen LogP contribution >= 0.6 is 0 Å². The molecule has 0 radical (unpaired) electrons. The maximum absolute atomic E-state index is 13.0. The SMILES string of the molecule is CN(CCOc1cccc(F)c1)CCOc1cccc(F)c1. The Labute approximate surface area is 129 Å². The molecule has 0 aromatic heterocycles. The molecular formula is C17H19F2NO2. The fraction of sp³-hybridized carbons (Fsp3) is 0.294. The van der Waals surface area contributed by atoms with Crippen LogP contribution in [0.15, 0.2) is 48.5 Å². The summed E-state index contributed by atoms with van der Waals surface area (Å²) in [4.78, 5) is 2.03. The van der Waals surface area contributed by atoms with E-state index in [9.17, 15) is 8.78 Å². The van der Waals surface area contributed by atoms with Crippen LogP contribution in [-0.4, -0.2) is 38.3 Å². The smallest absolute Gasteiger partial charge is 0.126 e. The van der Waals surface area contributed by atoms with Gasteiger partial charge in [0.25, 0.3) is 0 Å². The van der Waals surface area contributed by atoms with Crippen LogP contribution < -0.4 is 9.47 Å². The van der Waals surface area contributed by atoms with E-state index in [1.165, 1.54) is 24.3 Å². The lowest BCUT2D eigenvalue weighted by Gasteiger charge is -2.17. The Hall–Kier alpha value is -2.14. The summed E-state index contributed by atoms with van der Waals surface area (Å²) in [5.74, 6) is 0.414. The van der Waals surface area contributed by atoms with Gasteiger partial charge in [-0.25, -0.2) is 8.78 Å². The van der Waals surface area contributed by atoms with Crippen molar-refractivity contribution in [1.29, 1.82) is 0 Å². The second kappa shape index (κ2) is 8.34. The molecule has 0 aliphatic rings. The van der Waals surface area contributed by atoms with Gasteiger partial charge in [0.15, 0.2) is 0 Å². The van der Waals surface area contributed by atoms with Crippen molar-refractivity contribution < 1.29 is 18.3 Å². The highest BCUT2D eigenvalue weighted by Crippen LogP contribution is 2.12. The third kappa shape index (κ3) is 5.69. The standard InChI is InChI=1S/C17H19F2NO2/c1-20(8-10-21-16-6-2-4-14(18)12-16)9-11-22-17-7-3-5-15(19)13-17/h2-7,12-13H,8-11H2,1H3. The normalized spacial score (nSPS) is 10.7. The molecule has 0 saturated carbocycles. The maximum atomic E-state index is 13.0. The van der Waals surface area contributed by atoms with Gasteiger partial charge in [-0.2, -0.15) is 0 Å². The van der Waals surface area contributed by atoms with Crippen LogP contribution in [0.3, 0.4) is 0 Å². The molecule has 2 aromatic carbocycles. The first-order valence-electron chi connectivity index (χ1n) is 7.09. The molecule has 0 amide bonds. The minimum atomic E-state index is -0.311. The van der Waals surface area contributed by atoms with Crippen molar-refractivity contribution in [3.63, 3.8) is 0 Å². The van der Waals surface area contributed by atoms with Crippen molar-refractivity contribution in [2.45, 2.75) is 0 Å². The van der Waals surface area contributed by atoms with E-state index in [0.717, 1.165) is 0 Å². The van der Waals surface area contributed by atoms with Crippen LogP contribution in [0.25, 0.3) is 0 Å². The van der Waals surface area contributed by atoms with Gasteiger partial charge < -0.3 is 9.47 Å². The molecule has 0 aliphatic heterocycles. The zero-order valence-electron chi connectivity index (χ0n) is 12.5. The monoisotopic (exact) mass is 307 g/mol. The van der Waals surface area contributed by atoms with Crippen LogP contribution in [0.2, 0.25) is 0 Å². The Kier molecular flexibility index (Phi) is 6.15. The van der Waals surface area contributed by atoms with Crippen molar-refractivity contribution in [3.05, 3.63) is 60.2 Å². The lowest BCUT2D eigenvalue weighted by atomic mass is 10.3. The van der Waals surface area contributed by atoms with Crippen molar-refractivity contribution in [2.24, 2.45) is 0 Å². The molecule has 0 saturated heterocycles. The Morgan fingerprint density at radius 1 is 0.818 bits per heavy atom. The van der Waals surface area contributed by atoms with Crippen LogP contribution in [0.5, 0.6) is 11.5 Å². The fourth-order valence-electron chi connectivity index (χ4n) is 1.86. The van der Waals surface area contributed by atoms with Gasteiger partial charge in [0.2, 0.25) is 0 Å². The molecule has 118 valence electrons. The lowest BCUT2D eigenvalue weighted by Crippen LogP contribution is -2.28. The molecule has 2 aromatic rings. The van der Waals surface area contributed by atoms with Gasteiger partial charge in [0.05, 0.1) is 0 Å². The average molecular weight is 307 g/mol. The number of benzene rings is 2. The summed E-state index contributed by atoms with van der Waals surface area (Å²) in [5.41, 5.74) is 0. The highest BCUT2D eigenvalue weighted by Gasteiger charge is 2.02. The average Bonchev–Trinajstić information content (AvgIpc) is 2.47. The molecular weight excluding hydrogens is 288 g/mol. The molecule has 22 heavy (non-hydrogen) atoms. The van der Waals surface area contributed by atoms with Gasteiger partial charge in [-0.05, 0) is 31.3 Å². The number of hydrogen-bond donors (Lipinski definition) is 0. The minimum absolute atomic E-state index is 0.311. The molecule has 0 aliphatic carbocycles. The second-order valence-corrected chi connectivity index (χ2v) is 4.91. The molecule has 0 heterocycles. The summed E-state index contributed by atoms with van der Waals surface area (Å²) in [5, 5.41) is 0. The highest BCUT2D eigenvalue weighted by molar-refractivity contribution is 5.23. The molecule has 0 fully saturated rings. The predicted octanol–water partition coefficient (Wildman–Crippen LogP) is 3.35. The molecule has 2 rings (SSSR count). The summed E-state index contributed by atoms with van der Waals surface area (Å²) in [6.07, 6.45) is 0. The fourth-order valence-corrected chi connectivity index (χ4v) is 1.86. The van der Waals surface area contributed by atoms with Crippen LogP contribution in [0, 0.1) is 11.6 Å². The largest absolute Gasteiger partial charge is 0.492 e. The van der Waals surface area contributed by atoms with E-state index in [4.69, 9.17) is 9.47 Å². The lowest BCUT2D eigenvalue weighted by molar-refractivity contribution is 0.201. The van der Waals surface area contributed by atoms with E-state index < -0.39 is 0 Å². The van der Waals surface area contributed by atoms with E-state index in [0.29, 0.717) is 37.8 Å². The Bertz CT molecular complexity index is 541. The molecule has 0 bridgehead atoms. The summed E-state index contributed by atoms with van der Waals surface area (Å²) in [7, 11) is 1.93. The molecule has 0 atom stereocenters. The van der Waals surface area contributed by atoms with Crippen molar-refractivity contribution in [2.75, 3.05) is 33.4 Å². The van der Waals surface area contributed by atoms with Crippen molar-refractivity contribution in [3.8, 4) is 11.5 Å². The van der Waals surface area contributed by atoms with Gasteiger partial charge in [-0.3, -0.25) is 4.90 Å². The zero-order chi connectivity index (χ0) is 15.8. The van der Waals surface area contributed by atoms with Gasteiger partial charge in [0.1, 0.15) is 36.3 Å². The number of likely N-dealkylation sites (N-methyl/N-ethyl adjacent to an activating group) is 1. The third-order valence-electron chi connectivity index (χ3n) is 3.08. The van der Waals surface area contributed by atoms with E-state index in [1.807, 2.05) is 11.9 Å². The van der Waals surface area contributed by atoms with Gasteiger partial charge >= 0.3 is 0 Å². The summed E-state index contributed by atoms with van der Waals surface area (Å²) < 4.78 is 36.9. The Morgan fingerprint density at radius 3 is 1.68 bits per heavy atom. The number of halogens is 2. The van der Waals surface area contributed by atoms with E-state index in [-0.39, 0.29) is 11.6 Å². The van der Waals surface area contributed by atoms with Gasteiger partial charge in [-0.15, -0.1) is 0 Å². The van der Waals surface area contributed by atoms with Crippen molar-refractivity contribution in [1.82, 2.24) is 4.90 Å². The first-order chi connectivity index (χ1) is 10.6. The van der Waals surface area contributed by atoms with Crippen molar-refractivity contribution >= 4 is 0 Å². The van der Waals surface area contributed by atoms with Gasteiger partial charge in [0, 0.05) is 25.2 Å². The Morgan fingerprint density at radius 2 is 1.27 bits per heavy atom. The van der Waals surface area contributed by atoms with E-state index in [2.05, 4.69) is 0 Å². The van der Waals surface area contributed by atoms with Gasteiger partial charge in [-0.1, -0.05) is 12.1 Å². The molecule has 0 spiro atoms. The van der Waals surface area contributed by atoms with Crippen LogP contribution in [-0.2, 0) is 0 Å². The quantitative estimate of drug-likeness (QED) is 0.746. The summed E-state index contributed by atoms with van der Waals surface area (Å²) in [6, 6.07) is 12.1. The summed E-state index contributed by atoms with van der Waals surface area (Å²) >= 11 is 0. The molecule has 0 N–H and O–H groups in total. The number of ether oxygens (including phenoxy) is 2. The molecule has 3 nitrogen and oxygen atoms in total. The zero-order valence-corrected chi connectivity index (χ0v) is 12.5. The number of nitrogens with zero attached hydrogens (tertiary/aromatic N) is 1. The molecule has 0 unspecified atom stereocenters.